The van der Waals surface area contributed by atoms with Crippen LogP contribution in [0.25, 0.3) is 0 Å². The maximum Gasteiger partial charge on any atom is 0.258 e. The fourth-order valence-electron chi connectivity index (χ4n) is 2.48. The number of carbonyl (C=O) groups excluding carboxylic acids is 2. The summed E-state index contributed by atoms with van der Waals surface area (Å²) in [5.41, 5.74) is 6.29. The molecule has 0 aliphatic heterocycles. The smallest absolute Gasteiger partial charge is 0.258 e. The molecule has 2 rings (SSSR count). The molecule has 2 aromatic rings. The highest BCUT2D eigenvalue weighted by molar-refractivity contribution is 5.95. The molecule has 7 heteroatoms. The number of amides is 2. The lowest BCUT2D eigenvalue weighted by Crippen LogP contribution is -2.31. The Morgan fingerprint density at radius 2 is 1.81 bits per heavy atom. The summed E-state index contributed by atoms with van der Waals surface area (Å²) in [5.74, 6) is 0.603. The van der Waals surface area contributed by atoms with Gasteiger partial charge >= 0.3 is 0 Å². The van der Waals surface area contributed by atoms with Crippen LogP contribution in [0.1, 0.15) is 28.9 Å². The van der Waals surface area contributed by atoms with Crippen molar-refractivity contribution >= 4 is 11.8 Å². The number of carbonyl (C=O) groups is 2. The van der Waals surface area contributed by atoms with Gasteiger partial charge < -0.3 is 25.3 Å². The predicted octanol–water partition coefficient (Wildman–Crippen LogP) is 2.06. The minimum atomic E-state index is -0.615. The molecule has 0 aliphatic rings. The Bertz CT molecular complexity index is 791. The second kappa shape index (κ2) is 8.75. The van der Waals surface area contributed by atoms with Crippen molar-refractivity contribution in [2.24, 2.45) is 5.73 Å². The molecule has 1 atom stereocenters. The molecule has 0 fully saturated rings. The van der Waals surface area contributed by atoms with E-state index < -0.39 is 5.91 Å². The Morgan fingerprint density at radius 1 is 1.08 bits per heavy atom. The number of para-hydroxylation sites is 1. The van der Waals surface area contributed by atoms with E-state index in [0.717, 1.165) is 5.56 Å². The van der Waals surface area contributed by atoms with Crippen LogP contribution in [0.15, 0.2) is 42.5 Å². The van der Waals surface area contributed by atoms with Crippen molar-refractivity contribution in [1.82, 2.24) is 5.32 Å². The molecular weight excluding hydrogens is 336 g/mol. The number of hydrogen-bond acceptors (Lipinski definition) is 5. The molecular formula is C19H22N2O5. The number of ether oxygens (including phenoxy) is 3. The summed E-state index contributed by atoms with van der Waals surface area (Å²) < 4.78 is 16.0. The van der Waals surface area contributed by atoms with E-state index in [1.54, 1.807) is 56.7 Å². The third kappa shape index (κ3) is 4.66. The SMILES string of the molecule is COc1ccc(OC)c(C(C)NC(=O)COc2ccccc2C(N)=O)c1. The van der Waals surface area contributed by atoms with Crippen LogP contribution in [0, 0.1) is 0 Å². The first-order chi connectivity index (χ1) is 12.5. The maximum absolute atomic E-state index is 12.2. The number of nitrogens with two attached hydrogens (primary N) is 1. The van der Waals surface area contributed by atoms with Gasteiger partial charge in [-0.1, -0.05) is 12.1 Å². The molecule has 0 heterocycles. The summed E-state index contributed by atoms with van der Waals surface area (Å²) in [6, 6.07) is 11.5. The number of methoxy groups -OCH3 is 2. The highest BCUT2D eigenvalue weighted by Crippen LogP contribution is 2.29. The molecule has 0 saturated carbocycles. The highest BCUT2D eigenvalue weighted by Gasteiger charge is 2.16. The van der Waals surface area contributed by atoms with Gasteiger partial charge in [-0.2, -0.15) is 0 Å². The Hall–Kier alpha value is -3.22. The molecule has 138 valence electrons. The summed E-state index contributed by atoms with van der Waals surface area (Å²) >= 11 is 0. The van der Waals surface area contributed by atoms with Gasteiger partial charge in [-0.3, -0.25) is 9.59 Å². The third-order valence-corrected chi connectivity index (χ3v) is 3.79. The van der Waals surface area contributed by atoms with Crippen molar-refractivity contribution in [3.8, 4) is 17.2 Å². The lowest BCUT2D eigenvalue weighted by Gasteiger charge is -2.18. The molecule has 2 aromatic carbocycles. The lowest BCUT2D eigenvalue weighted by atomic mass is 10.1. The standard InChI is InChI=1S/C19H22N2O5/c1-12(15-10-13(24-2)8-9-16(15)25-3)21-18(22)11-26-17-7-5-4-6-14(17)19(20)23/h4-10,12H,11H2,1-3H3,(H2,20,23)(H,21,22). The largest absolute Gasteiger partial charge is 0.497 e. The summed E-state index contributed by atoms with van der Waals surface area (Å²) in [4.78, 5) is 23.6. The van der Waals surface area contributed by atoms with Gasteiger partial charge in [0.25, 0.3) is 11.8 Å². The lowest BCUT2D eigenvalue weighted by molar-refractivity contribution is -0.123. The van der Waals surface area contributed by atoms with Crippen molar-refractivity contribution in [3.63, 3.8) is 0 Å². The first kappa shape index (κ1) is 19.1. The van der Waals surface area contributed by atoms with Crippen molar-refractivity contribution in [3.05, 3.63) is 53.6 Å². The van der Waals surface area contributed by atoms with Crippen LogP contribution >= 0.6 is 0 Å². The summed E-state index contributed by atoms with van der Waals surface area (Å²) in [7, 11) is 3.13. The minimum Gasteiger partial charge on any atom is -0.497 e. The van der Waals surface area contributed by atoms with Crippen molar-refractivity contribution in [1.29, 1.82) is 0 Å². The fraction of sp³-hybridized carbons (Fsp3) is 0.263. The normalized spacial score (nSPS) is 11.3. The summed E-state index contributed by atoms with van der Waals surface area (Å²) in [5, 5.41) is 2.83. The van der Waals surface area contributed by atoms with Crippen LogP contribution < -0.4 is 25.3 Å². The zero-order valence-corrected chi connectivity index (χ0v) is 14.9. The summed E-state index contributed by atoms with van der Waals surface area (Å²) in [6.45, 7) is 1.58. The molecule has 0 radical (unpaired) electrons. The van der Waals surface area contributed by atoms with Crippen molar-refractivity contribution in [2.45, 2.75) is 13.0 Å². The van der Waals surface area contributed by atoms with Crippen LogP contribution in [0.3, 0.4) is 0 Å². The van der Waals surface area contributed by atoms with Gasteiger partial charge in [0.15, 0.2) is 6.61 Å². The van der Waals surface area contributed by atoms with Gasteiger partial charge in [0.1, 0.15) is 17.2 Å². The van der Waals surface area contributed by atoms with E-state index in [9.17, 15) is 9.59 Å². The van der Waals surface area contributed by atoms with E-state index in [1.807, 2.05) is 6.92 Å². The third-order valence-electron chi connectivity index (χ3n) is 3.79. The quantitative estimate of drug-likeness (QED) is 0.752. The van der Waals surface area contributed by atoms with E-state index in [1.165, 1.54) is 0 Å². The molecule has 7 nitrogen and oxygen atoms in total. The maximum atomic E-state index is 12.2. The van der Waals surface area contributed by atoms with E-state index in [2.05, 4.69) is 5.32 Å². The van der Waals surface area contributed by atoms with Gasteiger partial charge in [0, 0.05) is 5.56 Å². The number of primary amides is 1. The van der Waals surface area contributed by atoms with Crippen LogP contribution in [0.5, 0.6) is 17.2 Å². The second-order valence-corrected chi connectivity index (χ2v) is 5.55. The molecule has 0 spiro atoms. The molecule has 0 aromatic heterocycles. The molecule has 1 unspecified atom stereocenters. The first-order valence-corrected chi connectivity index (χ1v) is 7.99. The molecule has 0 bridgehead atoms. The van der Waals surface area contributed by atoms with Crippen molar-refractivity contribution in [2.75, 3.05) is 20.8 Å². The van der Waals surface area contributed by atoms with E-state index >= 15 is 0 Å². The Morgan fingerprint density at radius 3 is 2.46 bits per heavy atom. The van der Waals surface area contributed by atoms with Crippen LogP contribution in [-0.2, 0) is 4.79 Å². The topological polar surface area (TPSA) is 99.9 Å². The van der Waals surface area contributed by atoms with Crippen LogP contribution in [0.4, 0.5) is 0 Å². The number of hydrogen-bond donors (Lipinski definition) is 2. The van der Waals surface area contributed by atoms with Gasteiger partial charge in [-0.25, -0.2) is 0 Å². The Labute approximate surface area is 152 Å². The number of benzene rings is 2. The zero-order chi connectivity index (χ0) is 19.1. The molecule has 0 aliphatic carbocycles. The van der Waals surface area contributed by atoms with Crippen molar-refractivity contribution < 1.29 is 23.8 Å². The Kier molecular flexibility index (Phi) is 6.43. The minimum absolute atomic E-state index is 0.225. The summed E-state index contributed by atoms with van der Waals surface area (Å²) in [6.07, 6.45) is 0. The van der Waals surface area contributed by atoms with Gasteiger partial charge in [-0.05, 0) is 37.3 Å². The van der Waals surface area contributed by atoms with E-state index in [4.69, 9.17) is 19.9 Å². The first-order valence-electron chi connectivity index (χ1n) is 7.99. The average molecular weight is 358 g/mol. The average Bonchev–Trinajstić information content (AvgIpc) is 2.65. The fourth-order valence-corrected chi connectivity index (χ4v) is 2.48. The van der Waals surface area contributed by atoms with E-state index in [-0.39, 0.29) is 29.9 Å². The molecule has 26 heavy (non-hydrogen) atoms. The second-order valence-electron chi connectivity index (χ2n) is 5.55. The zero-order valence-electron chi connectivity index (χ0n) is 14.9. The monoisotopic (exact) mass is 358 g/mol. The van der Waals surface area contributed by atoms with Crippen LogP contribution in [-0.4, -0.2) is 32.6 Å². The number of nitrogens with one attached hydrogen (secondary N) is 1. The number of rotatable bonds is 8. The highest BCUT2D eigenvalue weighted by atomic mass is 16.5. The van der Waals surface area contributed by atoms with Gasteiger partial charge in [0.05, 0.1) is 25.8 Å². The van der Waals surface area contributed by atoms with Gasteiger partial charge in [0.2, 0.25) is 0 Å². The van der Waals surface area contributed by atoms with Gasteiger partial charge in [-0.15, -0.1) is 0 Å². The van der Waals surface area contributed by atoms with Crippen LogP contribution in [0.2, 0.25) is 0 Å². The predicted molar refractivity (Wildman–Crippen MR) is 96.6 cm³/mol. The molecule has 3 N–H and O–H groups in total. The van der Waals surface area contributed by atoms with E-state index in [0.29, 0.717) is 11.5 Å². The Balaban J connectivity index is 2.03. The molecule has 2 amide bonds. The molecule has 0 saturated heterocycles.